The zero-order valence-electron chi connectivity index (χ0n) is 11.9. The minimum absolute atomic E-state index is 0.727. The molecule has 2 N–H and O–H groups in total. The predicted octanol–water partition coefficient (Wildman–Crippen LogP) is 2.43. The van der Waals surface area contributed by atoms with Crippen molar-refractivity contribution in [2.75, 3.05) is 26.3 Å². The van der Waals surface area contributed by atoms with Gasteiger partial charge in [0.25, 0.3) is 0 Å². The van der Waals surface area contributed by atoms with Crippen LogP contribution in [0.25, 0.3) is 0 Å². The molecule has 0 fully saturated rings. The summed E-state index contributed by atoms with van der Waals surface area (Å²) < 4.78 is 5.26. The van der Waals surface area contributed by atoms with Crippen molar-refractivity contribution in [2.45, 2.75) is 26.7 Å². The molecule has 106 valence electrons. The molecule has 0 aliphatic rings. The Morgan fingerprint density at radius 2 is 1.95 bits per heavy atom. The number of ether oxygens (including phenoxy) is 1. The summed E-state index contributed by atoms with van der Waals surface area (Å²) in [6.07, 6.45) is 1.97. The minimum Gasteiger partial charge on any atom is -0.382 e. The monoisotopic (exact) mass is 280 g/mol. The van der Waals surface area contributed by atoms with Crippen LogP contribution in [0, 0.1) is 6.92 Å². The Bertz CT molecular complexity index is 382. The summed E-state index contributed by atoms with van der Waals surface area (Å²) in [5, 5.41) is 7.14. The van der Waals surface area contributed by atoms with Crippen LogP contribution >= 0.6 is 12.2 Å². The lowest BCUT2D eigenvalue weighted by atomic mass is 10.1. The molecule has 0 aliphatic heterocycles. The summed E-state index contributed by atoms with van der Waals surface area (Å²) in [5.74, 6) is 0. The Labute approximate surface area is 121 Å². The molecule has 0 heterocycles. The highest BCUT2D eigenvalue weighted by atomic mass is 32.1. The fourth-order valence-corrected chi connectivity index (χ4v) is 1.99. The summed E-state index contributed by atoms with van der Waals surface area (Å²) in [6, 6.07) is 8.44. The fourth-order valence-electron chi connectivity index (χ4n) is 1.78. The predicted molar refractivity (Wildman–Crippen MR) is 84.6 cm³/mol. The van der Waals surface area contributed by atoms with Crippen LogP contribution in [-0.4, -0.2) is 31.4 Å². The van der Waals surface area contributed by atoms with E-state index in [1.807, 2.05) is 6.92 Å². The number of hydrogen-bond donors (Lipinski definition) is 2. The smallest absolute Gasteiger partial charge is 0.166 e. The minimum atomic E-state index is 0.727. The lowest BCUT2D eigenvalue weighted by Crippen LogP contribution is -2.37. The largest absolute Gasteiger partial charge is 0.382 e. The van der Waals surface area contributed by atoms with Crippen molar-refractivity contribution in [2.24, 2.45) is 0 Å². The van der Waals surface area contributed by atoms with Crippen molar-refractivity contribution in [3.63, 3.8) is 0 Å². The molecule has 1 aromatic rings. The van der Waals surface area contributed by atoms with Crippen LogP contribution in [0.2, 0.25) is 0 Å². The van der Waals surface area contributed by atoms with E-state index in [0.717, 1.165) is 44.3 Å². The fraction of sp³-hybridized carbons (Fsp3) is 0.533. The second kappa shape index (κ2) is 9.75. The lowest BCUT2D eigenvalue weighted by Gasteiger charge is -2.11. The van der Waals surface area contributed by atoms with Gasteiger partial charge in [0.15, 0.2) is 5.11 Å². The highest BCUT2D eigenvalue weighted by Crippen LogP contribution is 2.06. The Morgan fingerprint density at radius 1 is 1.21 bits per heavy atom. The van der Waals surface area contributed by atoms with Crippen molar-refractivity contribution in [1.29, 1.82) is 0 Å². The number of thiocarbonyl (C=S) groups is 1. The summed E-state index contributed by atoms with van der Waals surface area (Å²) in [4.78, 5) is 0. The summed E-state index contributed by atoms with van der Waals surface area (Å²) in [5.41, 5.74) is 2.70. The molecule has 0 atom stereocenters. The number of aryl methyl sites for hydroxylation is 1. The third-order valence-electron chi connectivity index (χ3n) is 2.90. The molecule has 0 spiro atoms. The van der Waals surface area contributed by atoms with Crippen LogP contribution in [0.15, 0.2) is 24.3 Å². The highest BCUT2D eigenvalue weighted by Gasteiger charge is 1.98. The molecule has 1 rings (SSSR count). The van der Waals surface area contributed by atoms with Gasteiger partial charge in [0.05, 0.1) is 0 Å². The van der Waals surface area contributed by atoms with E-state index in [2.05, 4.69) is 41.8 Å². The molecule has 0 aromatic heterocycles. The van der Waals surface area contributed by atoms with E-state index in [4.69, 9.17) is 17.0 Å². The van der Waals surface area contributed by atoms with E-state index in [1.54, 1.807) is 0 Å². The number of hydrogen-bond acceptors (Lipinski definition) is 2. The van der Waals surface area contributed by atoms with Gasteiger partial charge in [-0.25, -0.2) is 0 Å². The first-order chi connectivity index (χ1) is 9.24. The molecular weight excluding hydrogens is 256 g/mol. The molecule has 4 heteroatoms. The van der Waals surface area contributed by atoms with Gasteiger partial charge in [0.1, 0.15) is 0 Å². The van der Waals surface area contributed by atoms with Gasteiger partial charge in [-0.15, -0.1) is 0 Å². The van der Waals surface area contributed by atoms with Crippen molar-refractivity contribution < 1.29 is 4.74 Å². The standard InChI is InChI=1S/C15H24N2OS/c1-3-18-12-6-10-16-15(19)17-11-9-14-8-5-4-7-13(14)2/h4-5,7-8H,3,6,9-12H2,1-2H3,(H2,16,17,19). The van der Waals surface area contributed by atoms with E-state index in [0.29, 0.717) is 0 Å². The van der Waals surface area contributed by atoms with Gasteiger partial charge in [0, 0.05) is 26.3 Å². The highest BCUT2D eigenvalue weighted by molar-refractivity contribution is 7.80. The van der Waals surface area contributed by atoms with Gasteiger partial charge in [-0.2, -0.15) is 0 Å². The van der Waals surface area contributed by atoms with Crippen molar-refractivity contribution >= 4 is 17.3 Å². The van der Waals surface area contributed by atoms with E-state index in [-0.39, 0.29) is 0 Å². The molecule has 19 heavy (non-hydrogen) atoms. The molecule has 0 bridgehead atoms. The Kier molecular flexibility index (Phi) is 8.18. The summed E-state index contributed by atoms with van der Waals surface area (Å²) in [7, 11) is 0. The first kappa shape index (κ1) is 15.9. The number of rotatable bonds is 8. The quantitative estimate of drug-likeness (QED) is 0.566. The van der Waals surface area contributed by atoms with Gasteiger partial charge in [-0.1, -0.05) is 24.3 Å². The van der Waals surface area contributed by atoms with Crippen LogP contribution in [0.1, 0.15) is 24.5 Å². The van der Waals surface area contributed by atoms with Crippen LogP contribution in [0.4, 0.5) is 0 Å². The first-order valence-corrected chi connectivity index (χ1v) is 7.28. The topological polar surface area (TPSA) is 33.3 Å². The zero-order chi connectivity index (χ0) is 13.9. The molecule has 0 aliphatic carbocycles. The van der Waals surface area contributed by atoms with E-state index in [9.17, 15) is 0 Å². The average molecular weight is 280 g/mol. The van der Waals surface area contributed by atoms with Gasteiger partial charge in [-0.05, 0) is 50.0 Å². The lowest BCUT2D eigenvalue weighted by molar-refractivity contribution is 0.145. The maximum absolute atomic E-state index is 5.26. The summed E-state index contributed by atoms with van der Waals surface area (Å²) >= 11 is 5.22. The normalized spacial score (nSPS) is 10.2. The average Bonchev–Trinajstić information content (AvgIpc) is 2.41. The molecular formula is C15H24N2OS. The van der Waals surface area contributed by atoms with Crippen LogP contribution in [0.3, 0.4) is 0 Å². The van der Waals surface area contributed by atoms with Gasteiger partial charge >= 0.3 is 0 Å². The van der Waals surface area contributed by atoms with Crippen LogP contribution in [-0.2, 0) is 11.2 Å². The Hall–Kier alpha value is -1.13. The maximum Gasteiger partial charge on any atom is 0.166 e. The molecule has 0 unspecified atom stereocenters. The Morgan fingerprint density at radius 3 is 2.68 bits per heavy atom. The van der Waals surface area contributed by atoms with Crippen molar-refractivity contribution in [3.05, 3.63) is 35.4 Å². The third kappa shape index (κ3) is 7.13. The van der Waals surface area contributed by atoms with Crippen LogP contribution in [0.5, 0.6) is 0 Å². The van der Waals surface area contributed by atoms with Gasteiger partial charge in [-0.3, -0.25) is 0 Å². The molecule has 0 radical (unpaired) electrons. The van der Waals surface area contributed by atoms with Gasteiger partial charge in [0.2, 0.25) is 0 Å². The molecule has 0 saturated carbocycles. The van der Waals surface area contributed by atoms with Gasteiger partial charge < -0.3 is 15.4 Å². The Balaban J connectivity index is 2.09. The maximum atomic E-state index is 5.26. The third-order valence-corrected chi connectivity index (χ3v) is 3.18. The molecule has 1 aromatic carbocycles. The first-order valence-electron chi connectivity index (χ1n) is 6.88. The molecule has 0 amide bonds. The summed E-state index contributed by atoms with van der Waals surface area (Å²) in [6.45, 7) is 7.43. The molecule has 3 nitrogen and oxygen atoms in total. The SMILES string of the molecule is CCOCCCNC(=S)NCCc1ccccc1C. The number of nitrogens with one attached hydrogen (secondary N) is 2. The van der Waals surface area contributed by atoms with Crippen LogP contribution < -0.4 is 10.6 Å². The van der Waals surface area contributed by atoms with Crippen molar-refractivity contribution in [1.82, 2.24) is 10.6 Å². The second-order valence-electron chi connectivity index (χ2n) is 4.41. The van der Waals surface area contributed by atoms with E-state index in [1.165, 1.54) is 11.1 Å². The number of benzene rings is 1. The van der Waals surface area contributed by atoms with E-state index >= 15 is 0 Å². The van der Waals surface area contributed by atoms with Crippen molar-refractivity contribution in [3.8, 4) is 0 Å². The van der Waals surface area contributed by atoms with E-state index < -0.39 is 0 Å². The zero-order valence-corrected chi connectivity index (χ0v) is 12.7. The second-order valence-corrected chi connectivity index (χ2v) is 4.82. The molecule has 0 saturated heterocycles.